The van der Waals surface area contributed by atoms with Crippen molar-refractivity contribution < 1.29 is 14.4 Å². The zero-order valence-electron chi connectivity index (χ0n) is 13.2. The molecule has 0 radical (unpaired) electrons. The zero-order chi connectivity index (χ0) is 17.0. The molecule has 0 bridgehead atoms. The first kappa shape index (κ1) is 17.1. The zero-order valence-corrected chi connectivity index (χ0v) is 14.0. The Morgan fingerprint density at radius 2 is 1.87 bits per heavy atom. The molecule has 1 heterocycles. The number of fused-ring (bicyclic) bond motifs is 1. The van der Waals surface area contributed by atoms with Gasteiger partial charge in [-0.15, -0.1) is 11.3 Å². The van der Waals surface area contributed by atoms with Crippen LogP contribution in [-0.2, 0) is 9.59 Å². The lowest BCUT2D eigenvalue weighted by molar-refractivity contribution is -0.128. The third-order valence-electron chi connectivity index (χ3n) is 3.65. The molecule has 1 aromatic heterocycles. The van der Waals surface area contributed by atoms with Gasteiger partial charge in [0.25, 0.3) is 0 Å². The van der Waals surface area contributed by atoms with Gasteiger partial charge in [0.2, 0.25) is 11.8 Å². The van der Waals surface area contributed by atoms with Gasteiger partial charge in [0.05, 0.1) is 0 Å². The van der Waals surface area contributed by atoms with Crippen LogP contribution in [0.15, 0.2) is 29.6 Å². The number of primary amides is 1. The van der Waals surface area contributed by atoms with Crippen molar-refractivity contribution in [3.05, 3.63) is 35.2 Å². The smallest absolute Gasteiger partial charge is 0.240 e. The van der Waals surface area contributed by atoms with Gasteiger partial charge in [0.1, 0.15) is 6.04 Å². The maximum atomic E-state index is 12.3. The van der Waals surface area contributed by atoms with Gasteiger partial charge < -0.3 is 11.1 Å². The lowest BCUT2D eigenvalue weighted by atomic mass is 10.0. The highest BCUT2D eigenvalue weighted by Crippen LogP contribution is 2.26. The van der Waals surface area contributed by atoms with Crippen molar-refractivity contribution in [2.45, 2.75) is 32.7 Å². The first-order valence-electron chi connectivity index (χ1n) is 7.48. The predicted octanol–water partition coefficient (Wildman–Crippen LogP) is 2.49. The van der Waals surface area contributed by atoms with Crippen molar-refractivity contribution in [3.63, 3.8) is 0 Å². The van der Waals surface area contributed by atoms with E-state index in [1.165, 1.54) is 11.3 Å². The molecule has 1 aromatic carbocycles. The molecule has 122 valence electrons. The number of Topliss-reactive ketones (excluding diaryl/α,β-unsaturated/α-hetero) is 1. The highest BCUT2D eigenvalue weighted by molar-refractivity contribution is 7.17. The fourth-order valence-electron chi connectivity index (χ4n) is 2.37. The molecule has 2 rings (SSSR count). The van der Waals surface area contributed by atoms with E-state index in [4.69, 9.17) is 5.73 Å². The number of thiophene rings is 1. The normalized spacial score (nSPS) is 12.3. The average molecular weight is 332 g/mol. The Balaban J connectivity index is 1.96. The quantitative estimate of drug-likeness (QED) is 0.763. The van der Waals surface area contributed by atoms with Crippen LogP contribution in [0, 0.1) is 5.92 Å². The maximum absolute atomic E-state index is 12.3. The van der Waals surface area contributed by atoms with Crippen LogP contribution in [0.1, 0.15) is 37.0 Å². The monoisotopic (exact) mass is 332 g/mol. The van der Waals surface area contributed by atoms with Crippen LogP contribution in [0.5, 0.6) is 0 Å². The summed E-state index contributed by atoms with van der Waals surface area (Å²) in [6, 6.07) is 6.97. The molecule has 0 fully saturated rings. The van der Waals surface area contributed by atoms with Crippen molar-refractivity contribution in [2.24, 2.45) is 11.7 Å². The van der Waals surface area contributed by atoms with Crippen LogP contribution in [0.2, 0.25) is 0 Å². The van der Waals surface area contributed by atoms with Crippen LogP contribution < -0.4 is 11.1 Å². The number of rotatable bonds is 7. The molecule has 2 amide bonds. The molecule has 0 saturated carbocycles. The van der Waals surface area contributed by atoms with Gasteiger partial charge in [-0.25, -0.2) is 0 Å². The number of amides is 2. The van der Waals surface area contributed by atoms with Crippen LogP contribution in [0.3, 0.4) is 0 Å². The second kappa shape index (κ2) is 7.37. The lowest BCUT2D eigenvalue weighted by Crippen LogP contribution is -2.47. The van der Waals surface area contributed by atoms with Gasteiger partial charge in [-0.1, -0.05) is 32.0 Å². The van der Waals surface area contributed by atoms with E-state index in [2.05, 4.69) is 5.32 Å². The molecule has 0 unspecified atom stereocenters. The second-order valence-electron chi connectivity index (χ2n) is 5.76. The summed E-state index contributed by atoms with van der Waals surface area (Å²) >= 11 is 1.51. The molecular weight excluding hydrogens is 312 g/mol. The molecule has 0 aliphatic carbocycles. The van der Waals surface area contributed by atoms with Crippen molar-refractivity contribution in [2.75, 3.05) is 0 Å². The molecule has 0 aliphatic heterocycles. The Labute approximate surface area is 138 Å². The Morgan fingerprint density at radius 1 is 1.17 bits per heavy atom. The first-order chi connectivity index (χ1) is 10.9. The number of carbonyl (C=O) groups excluding carboxylic acids is 3. The molecule has 23 heavy (non-hydrogen) atoms. The Morgan fingerprint density at radius 3 is 2.52 bits per heavy atom. The van der Waals surface area contributed by atoms with E-state index in [0.29, 0.717) is 5.56 Å². The van der Waals surface area contributed by atoms with E-state index < -0.39 is 11.9 Å². The number of hydrogen-bond acceptors (Lipinski definition) is 4. The summed E-state index contributed by atoms with van der Waals surface area (Å²) in [6.45, 7) is 3.61. The van der Waals surface area contributed by atoms with Gasteiger partial charge in [-0.2, -0.15) is 0 Å². The molecule has 5 nitrogen and oxygen atoms in total. The van der Waals surface area contributed by atoms with E-state index in [0.717, 1.165) is 10.1 Å². The van der Waals surface area contributed by atoms with Crippen LogP contribution in [0.25, 0.3) is 10.1 Å². The predicted molar refractivity (Wildman–Crippen MR) is 91.4 cm³/mol. The van der Waals surface area contributed by atoms with E-state index in [1.807, 2.05) is 29.6 Å². The fourth-order valence-corrected chi connectivity index (χ4v) is 3.33. The summed E-state index contributed by atoms with van der Waals surface area (Å²) in [5.41, 5.74) is 5.91. The third-order valence-corrected chi connectivity index (χ3v) is 4.61. The second-order valence-corrected chi connectivity index (χ2v) is 6.67. The Bertz CT molecular complexity index is 736. The van der Waals surface area contributed by atoms with Crippen molar-refractivity contribution in [1.82, 2.24) is 5.32 Å². The van der Waals surface area contributed by atoms with Gasteiger partial charge in [-0.05, 0) is 12.0 Å². The van der Waals surface area contributed by atoms with Crippen molar-refractivity contribution in [1.29, 1.82) is 0 Å². The average Bonchev–Trinajstić information content (AvgIpc) is 2.93. The number of nitrogens with two attached hydrogens (primary N) is 1. The minimum absolute atomic E-state index is 0.0412. The molecule has 6 heteroatoms. The SMILES string of the molecule is CC(C)[C@H](NC(=O)CCC(=O)c1csc2ccccc12)C(N)=O. The summed E-state index contributed by atoms with van der Waals surface area (Å²) in [5, 5.41) is 5.33. The third kappa shape index (κ3) is 4.16. The van der Waals surface area contributed by atoms with Gasteiger partial charge in [0.15, 0.2) is 5.78 Å². The van der Waals surface area contributed by atoms with E-state index >= 15 is 0 Å². The maximum Gasteiger partial charge on any atom is 0.240 e. The van der Waals surface area contributed by atoms with Crippen molar-refractivity contribution in [3.8, 4) is 0 Å². The molecule has 2 aromatic rings. The van der Waals surface area contributed by atoms with E-state index in [-0.39, 0.29) is 30.4 Å². The van der Waals surface area contributed by atoms with E-state index in [9.17, 15) is 14.4 Å². The van der Waals surface area contributed by atoms with Gasteiger partial charge >= 0.3 is 0 Å². The number of benzene rings is 1. The summed E-state index contributed by atoms with van der Waals surface area (Å²) in [4.78, 5) is 35.5. The molecule has 0 aliphatic rings. The molecule has 3 N–H and O–H groups in total. The summed E-state index contributed by atoms with van der Waals surface area (Å²) in [6.07, 6.45) is 0.148. The molecule has 1 atom stereocenters. The Kier molecular flexibility index (Phi) is 5.50. The molecular formula is C17H20N2O3S. The van der Waals surface area contributed by atoms with Crippen LogP contribution in [0.4, 0.5) is 0 Å². The first-order valence-corrected chi connectivity index (χ1v) is 8.36. The van der Waals surface area contributed by atoms with Crippen molar-refractivity contribution >= 4 is 39.0 Å². The topological polar surface area (TPSA) is 89.3 Å². The number of carbonyl (C=O) groups is 3. The standard InChI is InChI=1S/C17H20N2O3S/c1-10(2)16(17(18)22)19-15(21)8-7-13(20)12-9-23-14-6-4-3-5-11(12)14/h3-6,9-10,16H,7-8H2,1-2H3,(H2,18,22)(H,19,21)/t16-/m0/s1. The largest absolute Gasteiger partial charge is 0.368 e. The number of nitrogens with one attached hydrogen (secondary N) is 1. The minimum Gasteiger partial charge on any atom is -0.368 e. The highest BCUT2D eigenvalue weighted by Gasteiger charge is 2.22. The Hall–Kier alpha value is -2.21. The van der Waals surface area contributed by atoms with Crippen LogP contribution in [-0.4, -0.2) is 23.6 Å². The van der Waals surface area contributed by atoms with Crippen LogP contribution >= 0.6 is 11.3 Å². The molecule has 0 saturated heterocycles. The van der Waals surface area contributed by atoms with Gasteiger partial charge in [-0.3, -0.25) is 14.4 Å². The van der Waals surface area contributed by atoms with E-state index in [1.54, 1.807) is 13.8 Å². The number of ketones is 1. The lowest BCUT2D eigenvalue weighted by Gasteiger charge is -2.18. The summed E-state index contributed by atoms with van der Waals surface area (Å²) in [7, 11) is 0. The summed E-state index contributed by atoms with van der Waals surface area (Å²) in [5.74, 6) is -1.07. The fraction of sp³-hybridized carbons (Fsp3) is 0.353. The number of hydrogen-bond donors (Lipinski definition) is 2. The molecule has 0 spiro atoms. The minimum atomic E-state index is -0.709. The summed E-state index contributed by atoms with van der Waals surface area (Å²) < 4.78 is 1.05. The highest BCUT2D eigenvalue weighted by atomic mass is 32.1. The van der Waals surface area contributed by atoms with Gasteiger partial charge in [0, 0.05) is 33.9 Å².